The summed E-state index contributed by atoms with van der Waals surface area (Å²) >= 11 is 0. The van der Waals surface area contributed by atoms with Crippen molar-refractivity contribution >= 4 is 12.2 Å². The predicted octanol–water partition coefficient (Wildman–Crippen LogP) is 4.19. The lowest BCUT2D eigenvalue weighted by atomic mass is 9.88. The van der Waals surface area contributed by atoms with Gasteiger partial charge in [-0.25, -0.2) is 20.0 Å². The SMILES string of the molecule is CCOC(=O)NN(C(=O)OCC)[C@H]1CC=C[C@@H]1/C=C/C1CCCCC1. The van der Waals surface area contributed by atoms with Gasteiger partial charge in [-0.15, -0.1) is 0 Å². The van der Waals surface area contributed by atoms with Gasteiger partial charge in [0.15, 0.2) is 0 Å². The molecule has 0 radical (unpaired) electrons. The Morgan fingerprint density at radius 1 is 1.12 bits per heavy atom. The van der Waals surface area contributed by atoms with E-state index in [9.17, 15) is 9.59 Å². The Bertz CT molecular complexity index is 498. The standard InChI is InChI=1S/C19H30N2O4/c1-3-24-18(22)20-21(19(23)25-4-2)17-12-8-11-16(17)14-13-15-9-6-5-7-10-15/h8,11,13-17H,3-7,9-10,12H2,1-2H3,(H,20,22)/b14-13+/t16-,17+/m1/s1. The van der Waals surface area contributed by atoms with Crippen LogP contribution >= 0.6 is 0 Å². The van der Waals surface area contributed by atoms with E-state index in [-0.39, 0.29) is 25.2 Å². The number of ether oxygens (including phenoxy) is 2. The van der Waals surface area contributed by atoms with Gasteiger partial charge in [0.1, 0.15) is 0 Å². The van der Waals surface area contributed by atoms with Gasteiger partial charge in [-0.3, -0.25) is 0 Å². The van der Waals surface area contributed by atoms with Gasteiger partial charge >= 0.3 is 12.2 Å². The molecule has 0 aromatic rings. The number of amides is 2. The van der Waals surface area contributed by atoms with E-state index < -0.39 is 12.2 Å². The van der Waals surface area contributed by atoms with E-state index in [1.807, 2.05) is 6.08 Å². The maximum absolute atomic E-state index is 12.3. The average Bonchev–Trinajstić information content (AvgIpc) is 3.07. The molecule has 1 fully saturated rings. The van der Waals surface area contributed by atoms with Crippen molar-refractivity contribution in [2.45, 2.75) is 58.4 Å². The molecule has 0 aromatic carbocycles. The zero-order valence-electron chi connectivity index (χ0n) is 15.3. The fourth-order valence-electron chi connectivity index (χ4n) is 3.46. The molecule has 6 heteroatoms. The number of carbonyl (C=O) groups excluding carboxylic acids is 2. The lowest BCUT2D eigenvalue weighted by molar-refractivity contribution is 0.0520. The van der Waals surface area contributed by atoms with E-state index in [4.69, 9.17) is 9.47 Å². The molecule has 2 atom stereocenters. The molecule has 1 N–H and O–H groups in total. The van der Waals surface area contributed by atoms with Crippen LogP contribution in [0.25, 0.3) is 0 Å². The van der Waals surface area contributed by atoms with Gasteiger partial charge in [0.05, 0.1) is 19.3 Å². The highest BCUT2D eigenvalue weighted by Crippen LogP contribution is 2.28. The van der Waals surface area contributed by atoms with E-state index in [1.165, 1.54) is 37.1 Å². The van der Waals surface area contributed by atoms with Crippen LogP contribution in [0.2, 0.25) is 0 Å². The van der Waals surface area contributed by atoms with E-state index in [1.54, 1.807) is 13.8 Å². The molecule has 25 heavy (non-hydrogen) atoms. The summed E-state index contributed by atoms with van der Waals surface area (Å²) in [5.74, 6) is 0.686. The minimum Gasteiger partial charge on any atom is -0.449 e. The Morgan fingerprint density at radius 3 is 2.52 bits per heavy atom. The molecule has 140 valence electrons. The highest BCUT2D eigenvalue weighted by Gasteiger charge is 2.33. The third kappa shape index (κ3) is 5.80. The Labute approximate surface area is 150 Å². The zero-order valence-corrected chi connectivity index (χ0v) is 15.3. The van der Waals surface area contributed by atoms with Crippen LogP contribution in [0.4, 0.5) is 9.59 Å². The molecule has 2 aliphatic carbocycles. The highest BCUT2D eigenvalue weighted by molar-refractivity contribution is 5.74. The summed E-state index contributed by atoms with van der Waals surface area (Å²) in [4.78, 5) is 24.1. The number of hydrazine groups is 1. The fourth-order valence-corrected chi connectivity index (χ4v) is 3.46. The van der Waals surface area contributed by atoms with Crippen molar-refractivity contribution in [1.82, 2.24) is 10.4 Å². The summed E-state index contributed by atoms with van der Waals surface area (Å²) < 4.78 is 10.0. The molecule has 1 saturated carbocycles. The quantitative estimate of drug-likeness (QED) is 0.596. The molecular weight excluding hydrogens is 320 g/mol. The maximum atomic E-state index is 12.3. The zero-order chi connectivity index (χ0) is 18.1. The van der Waals surface area contributed by atoms with Crippen LogP contribution < -0.4 is 5.43 Å². The first kappa shape index (κ1) is 19.3. The molecule has 2 rings (SSSR count). The second-order valence-electron chi connectivity index (χ2n) is 6.49. The minimum atomic E-state index is -0.641. The summed E-state index contributed by atoms with van der Waals surface area (Å²) in [5.41, 5.74) is 2.54. The largest absolute Gasteiger partial charge is 0.449 e. The lowest BCUT2D eigenvalue weighted by Crippen LogP contribution is -2.53. The van der Waals surface area contributed by atoms with Gasteiger partial charge in [-0.1, -0.05) is 43.6 Å². The van der Waals surface area contributed by atoms with Crippen LogP contribution in [0.5, 0.6) is 0 Å². The molecule has 2 aliphatic rings. The number of allylic oxidation sites excluding steroid dienone is 1. The molecule has 0 spiro atoms. The van der Waals surface area contributed by atoms with Crippen LogP contribution in [0.15, 0.2) is 24.3 Å². The summed E-state index contributed by atoms with van der Waals surface area (Å²) in [6, 6.07) is -0.191. The molecule has 6 nitrogen and oxygen atoms in total. The van der Waals surface area contributed by atoms with Crippen LogP contribution in [0.1, 0.15) is 52.4 Å². The molecule has 0 bridgehead atoms. The molecule has 2 amide bonds. The van der Waals surface area contributed by atoms with Crippen LogP contribution in [-0.2, 0) is 9.47 Å². The first-order chi connectivity index (χ1) is 12.2. The number of hydrogen-bond acceptors (Lipinski definition) is 4. The van der Waals surface area contributed by atoms with Crippen LogP contribution in [-0.4, -0.2) is 36.5 Å². The number of rotatable bonds is 5. The smallest absolute Gasteiger partial charge is 0.429 e. The third-order valence-corrected chi connectivity index (χ3v) is 4.72. The topological polar surface area (TPSA) is 67.9 Å². The van der Waals surface area contributed by atoms with Crippen LogP contribution in [0.3, 0.4) is 0 Å². The van der Waals surface area contributed by atoms with Gasteiger partial charge in [0.25, 0.3) is 0 Å². The maximum Gasteiger partial charge on any atom is 0.429 e. The fraction of sp³-hybridized carbons (Fsp3) is 0.684. The van der Waals surface area contributed by atoms with E-state index in [0.717, 1.165) is 0 Å². The van der Waals surface area contributed by atoms with Crippen molar-refractivity contribution in [1.29, 1.82) is 0 Å². The Morgan fingerprint density at radius 2 is 1.84 bits per heavy atom. The minimum absolute atomic E-state index is 0.0632. The van der Waals surface area contributed by atoms with Crippen molar-refractivity contribution in [3.05, 3.63) is 24.3 Å². The lowest BCUT2D eigenvalue weighted by Gasteiger charge is -2.31. The molecule has 0 aromatic heterocycles. The Hall–Kier alpha value is -1.98. The monoisotopic (exact) mass is 350 g/mol. The summed E-state index contributed by atoms with van der Waals surface area (Å²) in [6.45, 7) is 3.97. The molecule has 0 saturated heterocycles. The number of carbonyl (C=O) groups is 2. The van der Waals surface area contributed by atoms with Crippen molar-refractivity contribution in [3.8, 4) is 0 Å². The summed E-state index contributed by atoms with van der Waals surface area (Å²) in [5, 5.41) is 1.28. The van der Waals surface area contributed by atoms with E-state index in [0.29, 0.717) is 12.3 Å². The second kappa shape index (κ2) is 10.1. The average molecular weight is 350 g/mol. The van der Waals surface area contributed by atoms with E-state index in [2.05, 4.69) is 23.7 Å². The summed E-state index contributed by atoms with van der Waals surface area (Å²) in [7, 11) is 0. The van der Waals surface area contributed by atoms with Crippen molar-refractivity contribution < 1.29 is 19.1 Å². The normalized spacial score (nSPS) is 23.6. The molecular formula is C19H30N2O4. The number of hydrogen-bond donors (Lipinski definition) is 1. The Balaban J connectivity index is 2.04. The van der Waals surface area contributed by atoms with Gasteiger partial charge in [0, 0.05) is 5.92 Å². The van der Waals surface area contributed by atoms with Gasteiger partial charge in [0.2, 0.25) is 0 Å². The van der Waals surface area contributed by atoms with Gasteiger partial charge in [-0.2, -0.15) is 0 Å². The van der Waals surface area contributed by atoms with Gasteiger partial charge in [-0.05, 0) is 39.0 Å². The third-order valence-electron chi connectivity index (χ3n) is 4.72. The van der Waals surface area contributed by atoms with Gasteiger partial charge < -0.3 is 9.47 Å². The van der Waals surface area contributed by atoms with Crippen molar-refractivity contribution in [2.24, 2.45) is 11.8 Å². The number of nitrogens with one attached hydrogen (secondary N) is 1. The number of nitrogens with zero attached hydrogens (tertiary/aromatic N) is 1. The first-order valence-electron chi connectivity index (χ1n) is 9.40. The summed E-state index contributed by atoms with van der Waals surface area (Å²) in [6.07, 6.45) is 14.4. The molecule has 0 aliphatic heterocycles. The van der Waals surface area contributed by atoms with E-state index >= 15 is 0 Å². The Kier molecular flexibility index (Phi) is 7.82. The van der Waals surface area contributed by atoms with Crippen molar-refractivity contribution in [2.75, 3.05) is 13.2 Å². The van der Waals surface area contributed by atoms with Crippen LogP contribution in [0, 0.1) is 11.8 Å². The molecule has 0 unspecified atom stereocenters. The predicted molar refractivity (Wildman–Crippen MR) is 95.8 cm³/mol. The highest BCUT2D eigenvalue weighted by atomic mass is 16.6. The first-order valence-corrected chi connectivity index (χ1v) is 9.40. The second-order valence-corrected chi connectivity index (χ2v) is 6.49. The van der Waals surface area contributed by atoms with Crippen molar-refractivity contribution in [3.63, 3.8) is 0 Å². The molecule has 0 heterocycles.